The minimum absolute atomic E-state index is 0.173. The van der Waals surface area contributed by atoms with Crippen LogP contribution in [0.1, 0.15) is 17.5 Å². The van der Waals surface area contributed by atoms with Gasteiger partial charge in [-0.05, 0) is 36.8 Å². The zero-order valence-corrected chi connectivity index (χ0v) is 13.0. The van der Waals surface area contributed by atoms with Crippen molar-refractivity contribution in [1.29, 1.82) is 0 Å². The lowest BCUT2D eigenvalue weighted by atomic mass is 10.2. The lowest BCUT2D eigenvalue weighted by molar-refractivity contribution is 0.412. The summed E-state index contributed by atoms with van der Waals surface area (Å²) in [6, 6.07) is 12.1. The first-order chi connectivity index (χ1) is 11.2. The highest BCUT2D eigenvalue weighted by molar-refractivity contribution is 5.84. The number of benzene rings is 2. The van der Waals surface area contributed by atoms with Gasteiger partial charge in [-0.2, -0.15) is 0 Å². The maximum Gasteiger partial charge on any atom is 0.124 e. The van der Waals surface area contributed by atoms with Crippen LogP contribution < -0.4 is 4.74 Å². The van der Waals surface area contributed by atoms with E-state index in [0.29, 0.717) is 30.0 Å². The van der Waals surface area contributed by atoms with E-state index in [0.717, 1.165) is 6.42 Å². The predicted molar refractivity (Wildman–Crippen MR) is 92.3 cm³/mol. The van der Waals surface area contributed by atoms with Crippen LogP contribution in [0.2, 0.25) is 0 Å². The van der Waals surface area contributed by atoms with Gasteiger partial charge in [0.1, 0.15) is 17.2 Å². The van der Waals surface area contributed by atoms with E-state index in [9.17, 15) is 10.2 Å². The van der Waals surface area contributed by atoms with Crippen molar-refractivity contribution in [3.63, 3.8) is 0 Å². The molecule has 2 N–H and O–H groups in total. The fourth-order valence-electron chi connectivity index (χ4n) is 1.94. The molecule has 5 heteroatoms. The van der Waals surface area contributed by atoms with Crippen LogP contribution in [0.5, 0.6) is 17.2 Å². The molecule has 0 bridgehead atoms. The molecule has 0 aromatic heterocycles. The standard InChI is InChI=1S/C18H20N2O3/c1-23-16-7-8-18(22)15(11-16)13-20-10-4-9-19-12-14-5-2-3-6-17(14)21/h2-3,5-8,11-13,21-22H,4,9-10H2,1H3. The van der Waals surface area contributed by atoms with Crippen LogP contribution in [-0.2, 0) is 0 Å². The molecule has 0 fully saturated rings. The van der Waals surface area contributed by atoms with Gasteiger partial charge in [0.15, 0.2) is 0 Å². The van der Waals surface area contributed by atoms with Crippen LogP contribution in [-0.4, -0.2) is 42.8 Å². The molecule has 2 aromatic carbocycles. The minimum Gasteiger partial charge on any atom is -0.507 e. The molecular formula is C18H20N2O3. The quantitative estimate of drug-likeness (QED) is 0.609. The average molecular weight is 312 g/mol. The normalized spacial score (nSPS) is 11.3. The van der Waals surface area contributed by atoms with Gasteiger partial charge in [0, 0.05) is 36.6 Å². The summed E-state index contributed by atoms with van der Waals surface area (Å²) in [6.07, 6.45) is 4.07. The second-order valence-corrected chi connectivity index (χ2v) is 4.91. The topological polar surface area (TPSA) is 74.4 Å². The third kappa shape index (κ3) is 5.14. The molecule has 0 aliphatic rings. The van der Waals surface area contributed by atoms with E-state index in [1.54, 1.807) is 49.9 Å². The summed E-state index contributed by atoms with van der Waals surface area (Å²) in [4.78, 5) is 8.54. The molecule has 2 aromatic rings. The van der Waals surface area contributed by atoms with Gasteiger partial charge < -0.3 is 14.9 Å². The van der Waals surface area contributed by atoms with E-state index < -0.39 is 0 Å². The molecule has 0 aliphatic heterocycles. The number of phenolic OH excluding ortho intramolecular Hbond substituents is 2. The highest BCUT2D eigenvalue weighted by atomic mass is 16.5. The zero-order chi connectivity index (χ0) is 16.5. The second-order valence-electron chi connectivity index (χ2n) is 4.91. The van der Waals surface area contributed by atoms with Gasteiger partial charge in [0.2, 0.25) is 0 Å². The fourth-order valence-corrected chi connectivity index (χ4v) is 1.94. The lowest BCUT2D eigenvalue weighted by Gasteiger charge is -2.02. The van der Waals surface area contributed by atoms with Crippen LogP contribution in [0.15, 0.2) is 52.4 Å². The molecule has 0 spiro atoms. The van der Waals surface area contributed by atoms with Gasteiger partial charge >= 0.3 is 0 Å². The highest BCUT2D eigenvalue weighted by Crippen LogP contribution is 2.21. The maximum absolute atomic E-state index is 9.73. The Morgan fingerprint density at radius 1 is 0.913 bits per heavy atom. The van der Waals surface area contributed by atoms with Crippen molar-refractivity contribution >= 4 is 12.4 Å². The summed E-state index contributed by atoms with van der Waals surface area (Å²) in [5, 5.41) is 19.3. The smallest absolute Gasteiger partial charge is 0.124 e. The second kappa shape index (κ2) is 8.58. The van der Waals surface area contributed by atoms with Crippen LogP contribution in [0.25, 0.3) is 0 Å². The van der Waals surface area contributed by atoms with E-state index in [2.05, 4.69) is 9.98 Å². The van der Waals surface area contributed by atoms with Crippen molar-refractivity contribution in [3.8, 4) is 17.2 Å². The van der Waals surface area contributed by atoms with Crippen molar-refractivity contribution in [2.24, 2.45) is 9.98 Å². The Morgan fingerprint density at radius 3 is 2.26 bits per heavy atom. The van der Waals surface area contributed by atoms with Gasteiger partial charge in [0.25, 0.3) is 0 Å². The number of hydrogen-bond donors (Lipinski definition) is 2. The molecule has 120 valence electrons. The molecule has 0 heterocycles. The third-order valence-electron chi connectivity index (χ3n) is 3.21. The summed E-state index contributed by atoms with van der Waals surface area (Å²) in [6.45, 7) is 1.23. The Hall–Kier alpha value is -2.82. The van der Waals surface area contributed by atoms with Gasteiger partial charge in [-0.15, -0.1) is 0 Å². The first kappa shape index (κ1) is 16.5. The largest absolute Gasteiger partial charge is 0.507 e. The van der Waals surface area contributed by atoms with Crippen LogP contribution in [0.3, 0.4) is 0 Å². The van der Waals surface area contributed by atoms with E-state index >= 15 is 0 Å². The van der Waals surface area contributed by atoms with Gasteiger partial charge in [0.05, 0.1) is 7.11 Å². The summed E-state index contributed by atoms with van der Waals surface area (Å²) in [5.41, 5.74) is 1.33. The number of para-hydroxylation sites is 1. The van der Waals surface area contributed by atoms with Gasteiger partial charge in [-0.3, -0.25) is 9.98 Å². The van der Waals surface area contributed by atoms with Crippen molar-refractivity contribution < 1.29 is 14.9 Å². The van der Waals surface area contributed by atoms with E-state index in [1.807, 2.05) is 12.1 Å². The number of methoxy groups -OCH3 is 1. The first-order valence-corrected chi connectivity index (χ1v) is 7.35. The van der Waals surface area contributed by atoms with Crippen LogP contribution in [0.4, 0.5) is 0 Å². The molecular weight excluding hydrogens is 292 g/mol. The predicted octanol–water partition coefficient (Wildman–Crippen LogP) is 3.03. The summed E-state index contributed by atoms with van der Waals surface area (Å²) in [5.74, 6) is 1.08. The average Bonchev–Trinajstić information content (AvgIpc) is 2.57. The number of ether oxygens (including phenoxy) is 1. The summed E-state index contributed by atoms with van der Waals surface area (Å²) < 4.78 is 5.11. The van der Waals surface area contributed by atoms with Crippen molar-refractivity contribution in [1.82, 2.24) is 0 Å². The molecule has 0 atom stereocenters. The van der Waals surface area contributed by atoms with E-state index in [-0.39, 0.29) is 11.5 Å². The number of rotatable bonds is 7. The van der Waals surface area contributed by atoms with E-state index in [4.69, 9.17) is 4.74 Å². The van der Waals surface area contributed by atoms with Crippen LogP contribution in [0, 0.1) is 0 Å². The van der Waals surface area contributed by atoms with Crippen molar-refractivity contribution in [2.75, 3.05) is 20.2 Å². The molecule has 0 unspecified atom stereocenters. The maximum atomic E-state index is 9.73. The zero-order valence-electron chi connectivity index (χ0n) is 13.0. The van der Waals surface area contributed by atoms with Crippen molar-refractivity contribution in [2.45, 2.75) is 6.42 Å². The molecule has 0 amide bonds. The Balaban J connectivity index is 1.78. The number of nitrogens with zero attached hydrogens (tertiary/aromatic N) is 2. The number of aliphatic imine (C=N–C) groups is 2. The number of aromatic hydroxyl groups is 2. The molecule has 0 saturated carbocycles. The van der Waals surface area contributed by atoms with Gasteiger partial charge in [-0.25, -0.2) is 0 Å². The monoisotopic (exact) mass is 312 g/mol. The summed E-state index contributed by atoms with van der Waals surface area (Å²) >= 11 is 0. The molecule has 23 heavy (non-hydrogen) atoms. The Labute approximate surface area is 135 Å². The van der Waals surface area contributed by atoms with Crippen molar-refractivity contribution in [3.05, 3.63) is 53.6 Å². The molecule has 0 radical (unpaired) electrons. The minimum atomic E-state index is 0.173. The Morgan fingerprint density at radius 2 is 1.57 bits per heavy atom. The third-order valence-corrected chi connectivity index (χ3v) is 3.21. The van der Waals surface area contributed by atoms with E-state index in [1.165, 1.54) is 0 Å². The van der Waals surface area contributed by atoms with Crippen LogP contribution >= 0.6 is 0 Å². The number of phenols is 2. The Bertz CT molecular complexity index is 696. The molecule has 0 aliphatic carbocycles. The molecule has 5 nitrogen and oxygen atoms in total. The lowest BCUT2D eigenvalue weighted by Crippen LogP contribution is -1.91. The summed E-state index contributed by atoms with van der Waals surface area (Å²) in [7, 11) is 1.58. The number of hydrogen-bond acceptors (Lipinski definition) is 5. The molecule has 0 saturated heterocycles. The fraction of sp³-hybridized carbons (Fsp3) is 0.222. The SMILES string of the molecule is COc1ccc(O)c(C=NCCCN=Cc2ccccc2O)c1. The van der Waals surface area contributed by atoms with Gasteiger partial charge in [-0.1, -0.05) is 12.1 Å². The first-order valence-electron chi connectivity index (χ1n) is 7.35. The molecule has 2 rings (SSSR count). The highest BCUT2D eigenvalue weighted by Gasteiger charge is 2.00. The Kier molecular flexibility index (Phi) is 6.17.